The Balaban J connectivity index is 1.33. The van der Waals surface area contributed by atoms with Gasteiger partial charge in [0.25, 0.3) is 0 Å². The minimum atomic E-state index is -0.826. The number of fused-ring (bicyclic) bond motifs is 1. The van der Waals surface area contributed by atoms with Crippen LogP contribution in [0.5, 0.6) is 11.5 Å². The van der Waals surface area contributed by atoms with Crippen LogP contribution in [-0.2, 0) is 4.79 Å². The average Bonchev–Trinajstić information content (AvgIpc) is 2.94. The number of aliphatic carboxylic acids is 1. The van der Waals surface area contributed by atoms with Gasteiger partial charge >= 0.3 is 5.97 Å². The summed E-state index contributed by atoms with van der Waals surface area (Å²) in [6, 6.07) is 13.6. The summed E-state index contributed by atoms with van der Waals surface area (Å²) in [7, 11) is 3.27. The third kappa shape index (κ3) is 7.78. The standard InChI is InChI=1S/C30H37ClN2O5S/c1-37-21-5-3-6-23(17-21)39-16-4-13-33-14-11-30(12-15-33,19-28(35)36)10-9-27(34)29-24-18-22(38-2)7-8-26(24)32-20-25(29)31/h3,5-8,17-18,20,27,34H,4,9-16,19H2,1-2H3,(H,35,36)/t27-/m0/s1. The molecule has 4 rings (SSSR count). The lowest BCUT2D eigenvalue weighted by Gasteiger charge is -2.41. The van der Waals surface area contributed by atoms with Crippen LogP contribution in [0.1, 0.15) is 50.2 Å². The van der Waals surface area contributed by atoms with Gasteiger partial charge in [-0.25, -0.2) is 0 Å². The van der Waals surface area contributed by atoms with Crippen LogP contribution in [0.15, 0.2) is 53.6 Å². The number of nitrogens with zero attached hydrogens (tertiary/aromatic N) is 2. The van der Waals surface area contributed by atoms with Gasteiger partial charge in [-0.15, -0.1) is 11.8 Å². The Hall–Kier alpha value is -2.52. The van der Waals surface area contributed by atoms with E-state index in [0.29, 0.717) is 29.2 Å². The number of carboxylic acids is 1. The van der Waals surface area contributed by atoms with E-state index < -0.39 is 12.1 Å². The monoisotopic (exact) mass is 572 g/mol. The molecule has 0 saturated carbocycles. The third-order valence-electron chi connectivity index (χ3n) is 7.72. The molecule has 1 aliphatic rings. The number of carbonyl (C=O) groups is 1. The molecule has 1 aromatic heterocycles. The number of rotatable bonds is 13. The molecule has 2 N–H and O–H groups in total. The van der Waals surface area contributed by atoms with E-state index in [4.69, 9.17) is 21.1 Å². The Morgan fingerprint density at radius 2 is 1.90 bits per heavy atom. The number of aromatic nitrogens is 1. The fourth-order valence-corrected chi connectivity index (χ4v) is 6.64. The highest BCUT2D eigenvalue weighted by atomic mass is 35.5. The molecule has 0 amide bonds. The lowest BCUT2D eigenvalue weighted by Crippen LogP contribution is -2.41. The van der Waals surface area contributed by atoms with Crippen LogP contribution in [0.25, 0.3) is 10.9 Å². The van der Waals surface area contributed by atoms with Crippen molar-refractivity contribution in [2.24, 2.45) is 5.41 Å². The van der Waals surface area contributed by atoms with Crippen molar-refractivity contribution >= 4 is 40.2 Å². The fourth-order valence-electron chi connectivity index (χ4n) is 5.48. The second-order valence-electron chi connectivity index (χ2n) is 10.3. The number of benzene rings is 2. The van der Waals surface area contributed by atoms with Crippen molar-refractivity contribution in [1.29, 1.82) is 0 Å². The van der Waals surface area contributed by atoms with Crippen molar-refractivity contribution in [1.82, 2.24) is 9.88 Å². The highest BCUT2D eigenvalue weighted by Crippen LogP contribution is 2.43. The summed E-state index contributed by atoms with van der Waals surface area (Å²) in [5, 5.41) is 22.1. The van der Waals surface area contributed by atoms with Crippen LogP contribution in [0.4, 0.5) is 0 Å². The largest absolute Gasteiger partial charge is 0.497 e. The maximum absolute atomic E-state index is 11.8. The molecular formula is C30H37ClN2O5S. The molecule has 0 radical (unpaired) electrons. The number of aliphatic hydroxyl groups excluding tert-OH is 1. The van der Waals surface area contributed by atoms with Gasteiger partial charge in [-0.3, -0.25) is 9.78 Å². The molecule has 7 nitrogen and oxygen atoms in total. The molecule has 1 atom stereocenters. The number of pyridine rings is 1. The topological polar surface area (TPSA) is 92.1 Å². The van der Waals surface area contributed by atoms with E-state index in [1.807, 2.05) is 42.1 Å². The number of thioether (sulfide) groups is 1. The number of hydrogen-bond donors (Lipinski definition) is 2. The molecular weight excluding hydrogens is 536 g/mol. The molecule has 2 heterocycles. The molecule has 2 aromatic carbocycles. The van der Waals surface area contributed by atoms with Gasteiger partial charge in [0.15, 0.2) is 0 Å². The van der Waals surface area contributed by atoms with E-state index in [1.165, 1.54) is 4.90 Å². The van der Waals surface area contributed by atoms with Crippen molar-refractivity contribution in [3.8, 4) is 11.5 Å². The molecule has 0 unspecified atom stereocenters. The minimum absolute atomic E-state index is 0.109. The summed E-state index contributed by atoms with van der Waals surface area (Å²) in [6.45, 7) is 2.72. The van der Waals surface area contributed by atoms with E-state index in [9.17, 15) is 15.0 Å². The summed E-state index contributed by atoms with van der Waals surface area (Å²) in [5.41, 5.74) is 1.01. The van der Waals surface area contributed by atoms with Gasteiger partial charge in [-0.2, -0.15) is 0 Å². The quantitative estimate of drug-likeness (QED) is 0.178. The SMILES string of the molecule is COc1cccc(SCCCN2CCC(CC[C@H](O)c3c(Cl)cnc4ccc(OC)cc34)(CC(=O)O)CC2)c1. The summed E-state index contributed by atoms with van der Waals surface area (Å²) in [5.74, 6) is 1.76. The molecule has 0 bridgehead atoms. The molecule has 0 spiro atoms. The number of halogens is 1. The zero-order valence-corrected chi connectivity index (χ0v) is 24.1. The van der Waals surface area contributed by atoms with Crippen LogP contribution < -0.4 is 9.47 Å². The zero-order valence-electron chi connectivity index (χ0n) is 22.6. The van der Waals surface area contributed by atoms with Gasteiger partial charge in [0.1, 0.15) is 11.5 Å². The number of hydrogen-bond acceptors (Lipinski definition) is 7. The smallest absolute Gasteiger partial charge is 0.303 e. The first-order valence-electron chi connectivity index (χ1n) is 13.3. The van der Waals surface area contributed by atoms with E-state index in [0.717, 1.165) is 61.3 Å². The van der Waals surface area contributed by atoms with Crippen LogP contribution in [0.3, 0.4) is 0 Å². The first kappa shape index (κ1) is 29.5. The van der Waals surface area contributed by atoms with Gasteiger partial charge in [-0.05, 0) is 99.3 Å². The van der Waals surface area contributed by atoms with Crippen molar-refractivity contribution < 1.29 is 24.5 Å². The van der Waals surface area contributed by atoms with Crippen molar-refractivity contribution in [3.05, 3.63) is 59.2 Å². The summed E-state index contributed by atoms with van der Waals surface area (Å²) in [4.78, 5) is 19.8. The Bertz CT molecular complexity index is 1270. The molecule has 0 aliphatic carbocycles. The Kier molecular flexibility index (Phi) is 10.4. The maximum Gasteiger partial charge on any atom is 0.303 e. The summed E-state index contributed by atoms with van der Waals surface area (Å²) < 4.78 is 10.7. The summed E-state index contributed by atoms with van der Waals surface area (Å²) in [6.07, 6.45) is 4.55. The number of likely N-dealkylation sites (tertiary alicyclic amines) is 1. The molecule has 210 valence electrons. The predicted octanol–water partition coefficient (Wildman–Crippen LogP) is 6.46. The highest BCUT2D eigenvalue weighted by Gasteiger charge is 2.37. The van der Waals surface area contributed by atoms with Crippen molar-refractivity contribution in [2.45, 2.75) is 49.5 Å². The number of methoxy groups -OCH3 is 2. The van der Waals surface area contributed by atoms with Gasteiger partial charge in [0, 0.05) is 22.0 Å². The first-order chi connectivity index (χ1) is 18.8. The number of ether oxygens (including phenoxy) is 2. The minimum Gasteiger partial charge on any atom is -0.497 e. The van der Waals surface area contributed by atoms with Crippen LogP contribution >= 0.6 is 23.4 Å². The highest BCUT2D eigenvalue weighted by molar-refractivity contribution is 7.99. The Morgan fingerprint density at radius 3 is 2.62 bits per heavy atom. The number of piperidine rings is 1. The predicted molar refractivity (Wildman–Crippen MR) is 156 cm³/mol. The van der Waals surface area contributed by atoms with Gasteiger partial charge in [-0.1, -0.05) is 17.7 Å². The molecule has 3 aromatic rings. The lowest BCUT2D eigenvalue weighted by atomic mass is 9.71. The Morgan fingerprint density at radius 1 is 1.15 bits per heavy atom. The molecule has 1 fully saturated rings. The van der Waals surface area contributed by atoms with E-state index in [-0.39, 0.29) is 11.8 Å². The zero-order chi connectivity index (χ0) is 27.8. The average molecular weight is 573 g/mol. The molecule has 39 heavy (non-hydrogen) atoms. The van der Waals surface area contributed by atoms with Crippen LogP contribution in [0.2, 0.25) is 5.02 Å². The summed E-state index contributed by atoms with van der Waals surface area (Å²) >= 11 is 8.32. The molecule has 9 heteroatoms. The second-order valence-corrected chi connectivity index (χ2v) is 11.8. The van der Waals surface area contributed by atoms with Gasteiger partial charge in [0.05, 0.1) is 37.3 Å². The number of aliphatic hydroxyl groups is 1. The van der Waals surface area contributed by atoms with Crippen molar-refractivity contribution in [2.75, 3.05) is 39.6 Å². The van der Waals surface area contributed by atoms with E-state index in [2.05, 4.69) is 22.0 Å². The maximum atomic E-state index is 11.8. The molecule has 1 aliphatic heterocycles. The lowest BCUT2D eigenvalue weighted by molar-refractivity contribution is -0.141. The van der Waals surface area contributed by atoms with Crippen molar-refractivity contribution in [3.63, 3.8) is 0 Å². The third-order valence-corrected chi connectivity index (χ3v) is 9.10. The second kappa shape index (κ2) is 13.7. The van der Waals surface area contributed by atoms with Gasteiger partial charge < -0.3 is 24.6 Å². The van der Waals surface area contributed by atoms with E-state index >= 15 is 0 Å². The fraction of sp³-hybridized carbons (Fsp3) is 0.467. The van der Waals surface area contributed by atoms with Gasteiger partial charge in [0.2, 0.25) is 0 Å². The normalized spacial score (nSPS) is 16.2. The van der Waals surface area contributed by atoms with Crippen LogP contribution in [-0.4, -0.2) is 65.7 Å². The Labute approximate surface area is 239 Å². The number of carboxylic acid groups (broad SMARTS) is 1. The molecule has 1 saturated heterocycles. The first-order valence-corrected chi connectivity index (χ1v) is 14.7. The van der Waals surface area contributed by atoms with E-state index in [1.54, 1.807) is 20.4 Å². The van der Waals surface area contributed by atoms with Crippen LogP contribution in [0, 0.1) is 5.41 Å².